The van der Waals surface area contributed by atoms with Crippen LogP contribution in [0.4, 0.5) is 0 Å². The van der Waals surface area contributed by atoms with E-state index in [0.29, 0.717) is 22.6 Å². The van der Waals surface area contributed by atoms with Crippen LogP contribution in [0, 0.1) is 11.3 Å². The predicted octanol–water partition coefficient (Wildman–Crippen LogP) is 3.15. The molecule has 6 heteroatoms. The predicted molar refractivity (Wildman–Crippen MR) is 94.1 cm³/mol. The average molecular weight is 353 g/mol. The van der Waals surface area contributed by atoms with Crippen molar-refractivity contribution in [1.29, 1.82) is 5.26 Å². The van der Waals surface area contributed by atoms with Gasteiger partial charge in [-0.05, 0) is 62.4 Å². The lowest BCUT2D eigenvalue weighted by Gasteiger charge is -2.17. The summed E-state index contributed by atoms with van der Waals surface area (Å²) < 4.78 is 15.7. The quantitative estimate of drug-likeness (QED) is 0.561. The zero-order valence-corrected chi connectivity index (χ0v) is 14.8. The van der Waals surface area contributed by atoms with Crippen LogP contribution in [-0.4, -0.2) is 31.1 Å². The Hall–Kier alpha value is -3.33. The molecular weight excluding hydrogens is 334 g/mol. The van der Waals surface area contributed by atoms with Gasteiger partial charge in [0, 0.05) is 5.56 Å². The lowest BCUT2D eigenvalue weighted by atomic mass is 10.1. The maximum Gasteiger partial charge on any atom is 0.347 e. The second-order valence-corrected chi connectivity index (χ2v) is 5.57. The minimum Gasteiger partial charge on any atom is -0.497 e. The van der Waals surface area contributed by atoms with E-state index in [2.05, 4.69) is 0 Å². The number of nitriles is 1. The third-order valence-corrected chi connectivity index (χ3v) is 3.66. The molecule has 0 bridgehead atoms. The molecule has 6 nitrogen and oxygen atoms in total. The lowest BCUT2D eigenvalue weighted by Crippen LogP contribution is -2.32. The van der Waals surface area contributed by atoms with Gasteiger partial charge in [-0.1, -0.05) is 0 Å². The minimum atomic E-state index is -0.942. The van der Waals surface area contributed by atoms with Crippen molar-refractivity contribution in [1.82, 2.24) is 0 Å². The molecule has 0 fully saturated rings. The Morgan fingerprint density at radius 3 is 2.04 bits per heavy atom. The summed E-state index contributed by atoms with van der Waals surface area (Å²) in [6, 6.07) is 14.9. The van der Waals surface area contributed by atoms with Crippen molar-refractivity contribution >= 4 is 11.8 Å². The van der Waals surface area contributed by atoms with E-state index < -0.39 is 18.2 Å². The van der Waals surface area contributed by atoms with E-state index in [4.69, 9.17) is 19.5 Å². The molecule has 2 atom stereocenters. The minimum absolute atomic E-state index is 0.313. The van der Waals surface area contributed by atoms with Crippen LogP contribution >= 0.6 is 0 Å². The van der Waals surface area contributed by atoms with Gasteiger partial charge in [-0.15, -0.1) is 0 Å². The van der Waals surface area contributed by atoms with E-state index in [1.807, 2.05) is 6.07 Å². The van der Waals surface area contributed by atoms with Crippen LogP contribution in [0.25, 0.3) is 0 Å². The van der Waals surface area contributed by atoms with Gasteiger partial charge in [-0.25, -0.2) is 4.79 Å². The smallest absolute Gasteiger partial charge is 0.347 e. The van der Waals surface area contributed by atoms with Crippen LogP contribution in [-0.2, 0) is 9.53 Å². The van der Waals surface area contributed by atoms with Gasteiger partial charge in [0.1, 0.15) is 11.5 Å². The van der Waals surface area contributed by atoms with Gasteiger partial charge in [0.2, 0.25) is 5.78 Å². The molecule has 134 valence electrons. The van der Waals surface area contributed by atoms with Gasteiger partial charge < -0.3 is 14.2 Å². The number of carbonyl (C=O) groups is 2. The van der Waals surface area contributed by atoms with Gasteiger partial charge >= 0.3 is 5.97 Å². The van der Waals surface area contributed by atoms with Crippen molar-refractivity contribution in [3.8, 4) is 17.6 Å². The zero-order chi connectivity index (χ0) is 19.1. The summed E-state index contributed by atoms with van der Waals surface area (Å²) in [6.07, 6.45) is -1.84. The molecule has 0 N–H and O–H groups in total. The fourth-order valence-electron chi connectivity index (χ4n) is 2.17. The standard InChI is InChI=1S/C20H19NO5/c1-13(19(22)16-6-10-17(24-3)11-7-16)26-20(23)14(2)25-18-8-4-15(12-21)5-9-18/h4-11,13-14H,1-3H3/t13-,14+/m0/s1. The number of Topliss-reactive ketones (excluding diaryl/α,β-unsaturated/α-hetero) is 1. The molecule has 0 amide bonds. The van der Waals surface area contributed by atoms with Crippen LogP contribution in [0.5, 0.6) is 11.5 Å². The van der Waals surface area contributed by atoms with E-state index in [0.717, 1.165) is 0 Å². The SMILES string of the molecule is COc1ccc(C(=O)[C@H](C)OC(=O)[C@@H](C)Oc2ccc(C#N)cc2)cc1. The van der Waals surface area contributed by atoms with Crippen molar-refractivity contribution in [2.75, 3.05) is 7.11 Å². The highest BCUT2D eigenvalue weighted by atomic mass is 16.6. The van der Waals surface area contributed by atoms with E-state index in [-0.39, 0.29) is 5.78 Å². The van der Waals surface area contributed by atoms with Gasteiger partial charge in [0.05, 0.1) is 18.7 Å². The van der Waals surface area contributed by atoms with E-state index in [1.54, 1.807) is 48.5 Å². The lowest BCUT2D eigenvalue weighted by molar-refractivity contribution is -0.153. The summed E-state index contributed by atoms with van der Waals surface area (Å²) in [6.45, 7) is 3.05. The third-order valence-electron chi connectivity index (χ3n) is 3.66. The number of methoxy groups -OCH3 is 1. The molecule has 0 aliphatic carbocycles. The molecule has 0 unspecified atom stereocenters. The Kier molecular flexibility index (Phi) is 6.34. The van der Waals surface area contributed by atoms with Crippen molar-refractivity contribution in [3.63, 3.8) is 0 Å². The Morgan fingerprint density at radius 1 is 0.923 bits per heavy atom. The van der Waals surface area contributed by atoms with Crippen molar-refractivity contribution < 1.29 is 23.8 Å². The Balaban J connectivity index is 1.93. The number of hydrogen-bond donors (Lipinski definition) is 0. The number of esters is 1. The topological polar surface area (TPSA) is 85.6 Å². The first-order valence-electron chi connectivity index (χ1n) is 8.00. The van der Waals surface area contributed by atoms with Crippen LogP contribution in [0.1, 0.15) is 29.8 Å². The van der Waals surface area contributed by atoms with Crippen molar-refractivity contribution in [3.05, 3.63) is 59.7 Å². The summed E-state index contributed by atoms with van der Waals surface area (Å²) in [5, 5.41) is 8.77. The van der Waals surface area contributed by atoms with Gasteiger partial charge in [0.25, 0.3) is 0 Å². The number of ether oxygens (including phenoxy) is 3. The van der Waals surface area contributed by atoms with Crippen molar-refractivity contribution in [2.24, 2.45) is 0 Å². The summed E-state index contributed by atoms with van der Waals surface area (Å²) >= 11 is 0. The number of carbonyl (C=O) groups excluding carboxylic acids is 2. The normalized spacial score (nSPS) is 12.4. The van der Waals surface area contributed by atoms with Gasteiger partial charge in [0.15, 0.2) is 12.2 Å². The molecule has 0 aliphatic heterocycles. The Labute approximate surface area is 151 Å². The molecule has 26 heavy (non-hydrogen) atoms. The fourth-order valence-corrected chi connectivity index (χ4v) is 2.17. The largest absolute Gasteiger partial charge is 0.497 e. The maximum absolute atomic E-state index is 12.3. The number of hydrogen-bond acceptors (Lipinski definition) is 6. The first-order chi connectivity index (χ1) is 12.4. The molecular formula is C20H19NO5. The van der Waals surface area contributed by atoms with Gasteiger partial charge in [-0.2, -0.15) is 5.26 Å². The average Bonchev–Trinajstić information content (AvgIpc) is 2.67. The number of nitrogens with zero attached hydrogens (tertiary/aromatic N) is 1. The number of ketones is 1. The van der Waals surface area contributed by atoms with Crippen LogP contribution < -0.4 is 9.47 Å². The van der Waals surface area contributed by atoms with Crippen molar-refractivity contribution in [2.45, 2.75) is 26.1 Å². The Morgan fingerprint density at radius 2 is 1.50 bits per heavy atom. The fraction of sp³-hybridized carbons (Fsp3) is 0.250. The third kappa shape index (κ3) is 4.84. The summed E-state index contributed by atoms with van der Waals surface area (Å²) in [5.74, 6) is 0.105. The molecule has 0 heterocycles. The molecule has 0 aliphatic rings. The molecule has 2 rings (SSSR count). The highest BCUT2D eigenvalue weighted by Crippen LogP contribution is 2.16. The highest BCUT2D eigenvalue weighted by molar-refractivity contribution is 6.00. The van der Waals surface area contributed by atoms with E-state index in [9.17, 15) is 9.59 Å². The molecule has 2 aromatic rings. The van der Waals surface area contributed by atoms with Crippen LogP contribution in [0.2, 0.25) is 0 Å². The van der Waals surface area contributed by atoms with Crippen LogP contribution in [0.3, 0.4) is 0 Å². The van der Waals surface area contributed by atoms with Crippen LogP contribution in [0.15, 0.2) is 48.5 Å². The first-order valence-corrected chi connectivity index (χ1v) is 8.00. The summed E-state index contributed by atoms with van der Waals surface area (Å²) in [5.41, 5.74) is 0.915. The highest BCUT2D eigenvalue weighted by Gasteiger charge is 2.24. The molecule has 0 radical (unpaired) electrons. The first kappa shape index (κ1) is 19.0. The number of benzene rings is 2. The summed E-state index contributed by atoms with van der Waals surface area (Å²) in [7, 11) is 1.54. The zero-order valence-electron chi connectivity index (χ0n) is 14.8. The molecule has 0 spiro atoms. The Bertz CT molecular complexity index is 806. The second-order valence-electron chi connectivity index (χ2n) is 5.57. The monoisotopic (exact) mass is 353 g/mol. The van der Waals surface area contributed by atoms with Gasteiger partial charge in [-0.3, -0.25) is 4.79 Å². The number of rotatable bonds is 7. The molecule has 0 saturated carbocycles. The molecule has 0 aromatic heterocycles. The summed E-state index contributed by atoms with van der Waals surface area (Å²) in [4.78, 5) is 24.5. The molecule has 0 saturated heterocycles. The van der Waals surface area contributed by atoms with E-state index >= 15 is 0 Å². The molecule has 2 aromatic carbocycles. The second kappa shape index (κ2) is 8.67. The maximum atomic E-state index is 12.3. The van der Waals surface area contributed by atoms with E-state index in [1.165, 1.54) is 21.0 Å².